The number of aromatic amines is 1. The lowest BCUT2D eigenvalue weighted by atomic mass is 9.93. The van der Waals surface area contributed by atoms with E-state index in [2.05, 4.69) is 15.5 Å². The molecule has 2 N–H and O–H groups in total. The third-order valence-electron chi connectivity index (χ3n) is 4.16. The topological polar surface area (TPSA) is 76.2 Å². The molecule has 0 unspecified atom stereocenters. The van der Waals surface area contributed by atoms with Crippen LogP contribution >= 0.6 is 0 Å². The summed E-state index contributed by atoms with van der Waals surface area (Å²) in [4.78, 5) is 12.4. The van der Waals surface area contributed by atoms with E-state index >= 15 is 0 Å². The van der Waals surface area contributed by atoms with Crippen molar-refractivity contribution in [1.29, 1.82) is 0 Å². The molecule has 0 saturated carbocycles. The fourth-order valence-electron chi connectivity index (χ4n) is 2.75. The van der Waals surface area contributed by atoms with Crippen LogP contribution in [0.1, 0.15) is 36.4 Å². The third kappa shape index (κ3) is 3.02. The van der Waals surface area contributed by atoms with E-state index in [9.17, 15) is 4.79 Å². The van der Waals surface area contributed by atoms with Crippen molar-refractivity contribution >= 4 is 5.91 Å². The van der Waals surface area contributed by atoms with Crippen LogP contribution in [0.15, 0.2) is 18.2 Å². The van der Waals surface area contributed by atoms with E-state index in [4.69, 9.17) is 9.47 Å². The van der Waals surface area contributed by atoms with Gasteiger partial charge in [0.15, 0.2) is 11.5 Å². The summed E-state index contributed by atoms with van der Waals surface area (Å²) >= 11 is 0. The Morgan fingerprint density at radius 2 is 2.04 bits per heavy atom. The maximum absolute atomic E-state index is 12.4. The van der Waals surface area contributed by atoms with Gasteiger partial charge in [-0.2, -0.15) is 5.10 Å². The molecule has 23 heavy (non-hydrogen) atoms. The van der Waals surface area contributed by atoms with Gasteiger partial charge in [-0.3, -0.25) is 9.89 Å². The van der Waals surface area contributed by atoms with E-state index in [1.807, 2.05) is 45.9 Å². The van der Waals surface area contributed by atoms with Crippen LogP contribution < -0.4 is 14.8 Å². The van der Waals surface area contributed by atoms with Gasteiger partial charge in [0.1, 0.15) is 0 Å². The van der Waals surface area contributed by atoms with Gasteiger partial charge in [-0.1, -0.05) is 6.07 Å². The Bertz CT molecular complexity index is 730. The number of hydrogen-bond acceptors (Lipinski definition) is 4. The van der Waals surface area contributed by atoms with Gasteiger partial charge in [0.05, 0.1) is 17.7 Å². The molecule has 0 saturated heterocycles. The number of nitrogens with zero attached hydrogens (tertiary/aromatic N) is 1. The standard InChI is InChI=1S/C17H21N3O3/c1-10-13(11(2)20-19-10)8-16(21)18-17(3,4)12-5-6-14-15(7-12)23-9-22-14/h5-7H,8-9H2,1-4H3,(H,18,21)(H,19,20). The number of carbonyl (C=O) groups is 1. The minimum atomic E-state index is -0.510. The number of hydrogen-bond donors (Lipinski definition) is 2. The molecule has 6 heteroatoms. The molecule has 1 aromatic carbocycles. The lowest BCUT2D eigenvalue weighted by Gasteiger charge is -2.27. The SMILES string of the molecule is Cc1n[nH]c(C)c1CC(=O)NC(C)(C)c1ccc2c(c1)OCO2. The van der Waals surface area contributed by atoms with Crippen molar-refractivity contribution < 1.29 is 14.3 Å². The van der Waals surface area contributed by atoms with E-state index in [0.29, 0.717) is 12.2 Å². The number of aryl methyl sites for hydroxylation is 2. The Morgan fingerprint density at radius 3 is 2.74 bits per heavy atom. The van der Waals surface area contributed by atoms with Crippen molar-refractivity contribution in [2.24, 2.45) is 0 Å². The van der Waals surface area contributed by atoms with Gasteiger partial charge in [0.25, 0.3) is 0 Å². The minimum Gasteiger partial charge on any atom is -0.454 e. The monoisotopic (exact) mass is 315 g/mol. The first-order chi connectivity index (χ1) is 10.9. The summed E-state index contributed by atoms with van der Waals surface area (Å²) in [6.07, 6.45) is 0.308. The van der Waals surface area contributed by atoms with Crippen LogP contribution in [-0.4, -0.2) is 22.9 Å². The second-order valence-electron chi connectivity index (χ2n) is 6.33. The van der Waals surface area contributed by atoms with Gasteiger partial charge >= 0.3 is 0 Å². The van der Waals surface area contributed by atoms with Crippen LogP contribution in [-0.2, 0) is 16.8 Å². The maximum atomic E-state index is 12.4. The summed E-state index contributed by atoms with van der Waals surface area (Å²) in [7, 11) is 0. The molecule has 6 nitrogen and oxygen atoms in total. The molecule has 0 fully saturated rings. The molecule has 2 aromatic rings. The van der Waals surface area contributed by atoms with Crippen molar-refractivity contribution in [3.63, 3.8) is 0 Å². The van der Waals surface area contributed by atoms with Crippen molar-refractivity contribution in [1.82, 2.24) is 15.5 Å². The summed E-state index contributed by atoms with van der Waals surface area (Å²) < 4.78 is 10.7. The van der Waals surface area contributed by atoms with E-state index in [1.165, 1.54) is 0 Å². The van der Waals surface area contributed by atoms with Crippen LogP contribution in [0.2, 0.25) is 0 Å². The van der Waals surface area contributed by atoms with Gasteiger partial charge in [-0.25, -0.2) is 0 Å². The van der Waals surface area contributed by atoms with Crippen LogP contribution in [0, 0.1) is 13.8 Å². The Morgan fingerprint density at radius 1 is 1.30 bits per heavy atom. The summed E-state index contributed by atoms with van der Waals surface area (Å²) in [6, 6.07) is 5.73. The normalized spacial score (nSPS) is 13.2. The first kappa shape index (κ1) is 15.4. The second kappa shape index (κ2) is 5.61. The van der Waals surface area contributed by atoms with Crippen LogP contribution in [0.5, 0.6) is 11.5 Å². The van der Waals surface area contributed by atoms with Crippen LogP contribution in [0.4, 0.5) is 0 Å². The molecule has 122 valence electrons. The van der Waals surface area contributed by atoms with E-state index in [1.54, 1.807) is 0 Å². The predicted molar refractivity (Wildman–Crippen MR) is 85.5 cm³/mol. The van der Waals surface area contributed by atoms with Crippen LogP contribution in [0.3, 0.4) is 0 Å². The van der Waals surface area contributed by atoms with Gasteiger partial charge in [-0.15, -0.1) is 0 Å². The molecule has 2 heterocycles. The number of carbonyl (C=O) groups excluding carboxylic acids is 1. The summed E-state index contributed by atoms with van der Waals surface area (Å²) in [5.41, 5.74) is 3.20. The number of rotatable bonds is 4. The zero-order valence-corrected chi connectivity index (χ0v) is 13.8. The number of benzene rings is 1. The molecule has 1 aliphatic rings. The predicted octanol–water partition coefficient (Wildman–Crippen LogP) is 2.35. The zero-order chi connectivity index (χ0) is 16.6. The number of aromatic nitrogens is 2. The van der Waals surface area contributed by atoms with Gasteiger partial charge in [0.2, 0.25) is 12.7 Å². The molecule has 0 radical (unpaired) electrons. The molecular weight excluding hydrogens is 294 g/mol. The lowest BCUT2D eigenvalue weighted by molar-refractivity contribution is -0.122. The Balaban J connectivity index is 1.74. The molecule has 3 rings (SSSR count). The number of fused-ring (bicyclic) bond motifs is 1. The van der Waals surface area contributed by atoms with Gasteiger partial charge in [-0.05, 0) is 45.4 Å². The molecule has 0 bridgehead atoms. The van der Waals surface area contributed by atoms with Crippen LogP contribution in [0.25, 0.3) is 0 Å². The fourth-order valence-corrected chi connectivity index (χ4v) is 2.75. The molecule has 1 aromatic heterocycles. The summed E-state index contributed by atoms with van der Waals surface area (Å²) in [5.74, 6) is 1.41. The molecule has 0 aliphatic carbocycles. The molecule has 1 aliphatic heterocycles. The number of H-pyrrole nitrogens is 1. The Kier molecular flexibility index (Phi) is 3.75. The highest BCUT2D eigenvalue weighted by atomic mass is 16.7. The first-order valence-corrected chi connectivity index (χ1v) is 7.58. The number of amides is 1. The highest BCUT2D eigenvalue weighted by molar-refractivity contribution is 5.80. The van der Waals surface area contributed by atoms with Gasteiger partial charge in [0, 0.05) is 11.3 Å². The second-order valence-corrected chi connectivity index (χ2v) is 6.33. The highest BCUT2D eigenvalue weighted by Crippen LogP contribution is 2.35. The third-order valence-corrected chi connectivity index (χ3v) is 4.16. The average Bonchev–Trinajstić information content (AvgIpc) is 3.07. The van der Waals surface area contributed by atoms with Crippen molar-refractivity contribution in [2.75, 3.05) is 6.79 Å². The maximum Gasteiger partial charge on any atom is 0.231 e. The Labute approximate surface area is 135 Å². The molecule has 0 spiro atoms. The number of ether oxygens (including phenoxy) is 2. The fraction of sp³-hybridized carbons (Fsp3) is 0.412. The van der Waals surface area contributed by atoms with E-state index in [0.717, 1.165) is 28.3 Å². The molecule has 0 atom stereocenters. The molecule has 1 amide bonds. The van der Waals surface area contributed by atoms with Crippen molar-refractivity contribution in [3.8, 4) is 11.5 Å². The highest BCUT2D eigenvalue weighted by Gasteiger charge is 2.26. The largest absolute Gasteiger partial charge is 0.454 e. The minimum absolute atomic E-state index is 0.0414. The zero-order valence-electron chi connectivity index (χ0n) is 13.8. The lowest BCUT2D eigenvalue weighted by Crippen LogP contribution is -2.41. The molecular formula is C17H21N3O3. The van der Waals surface area contributed by atoms with Gasteiger partial charge < -0.3 is 14.8 Å². The van der Waals surface area contributed by atoms with Crippen molar-refractivity contribution in [2.45, 2.75) is 39.7 Å². The first-order valence-electron chi connectivity index (χ1n) is 7.58. The van der Waals surface area contributed by atoms with E-state index < -0.39 is 5.54 Å². The van der Waals surface area contributed by atoms with Crippen molar-refractivity contribution in [3.05, 3.63) is 40.7 Å². The quantitative estimate of drug-likeness (QED) is 0.908. The average molecular weight is 315 g/mol. The summed E-state index contributed by atoms with van der Waals surface area (Å²) in [6.45, 7) is 8.00. The Hall–Kier alpha value is -2.50. The number of nitrogens with one attached hydrogen (secondary N) is 2. The summed E-state index contributed by atoms with van der Waals surface area (Å²) in [5, 5.41) is 10.1. The van der Waals surface area contributed by atoms with E-state index in [-0.39, 0.29) is 12.7 Å². The smallest absolute Gasteiger partial charge is 0.231 e.